The molecule has 1 aliphatic rings. The number of hydrazone groups is 1. The van der Waals surface area contributed by atoms with Gasteiger partial charge in [0.05, 0.1) is 0 Å². The van der Waals surface area contributed by atoms with Crippen LogP contribution in [0.5, 0.6) is 0 Å². The minimum atomic E-state index is 0.968. The summed E-state index contributed by atoms with van der Waals surface area (Å²) in [6.45, 7) is 14.2. The highest BCUT2D eigenvalue weighted by molar-refractivity contribution is 5.71. The summed E-state index contributed by atoms with van der Waals surface area (Å²) < 4.78 is 0. The van der Waals surface area contributed by atoms with E-state index < -0.39 is 0 Å². The molecule has 2 heteroatoms. The molecule has 1 aliphatic carbocycles. The summed E-state index contributed by atoms with van der Waals surface area (Å²) in [4.78, 5) is 0. The van der Waals surface area contributed by atoms with Crippen LogP contribution >= 0.6 is 0 Å². The van der Waals surface area contributed by atoms with Crippen molar-refractivity contribution in [2.24, 2.45) is 5.10 Å². The van der Waals surface area contributed by atoms with Crippen molar-refractivity contribution in [2.45, 2.75) is 41.0 Å². The van der Waals surface area contributed by atoms with E-state index in [0.29, 0.717) is 0 Å². The quantitative estimate of drug-likeness (QED) is 0.405. The van der Waals surface area contributed by atoms with Crippen LogP contribution in [0.3, 0.4) is 0 Å². The number of nitrogens with one attached hydrogen (secondary N) is 1. The van der Waals surface area contributed by atoms with Crippen molar-refractivity contribution in [1.82, 2.24) is 5.43 Å². The first-order valence-electron chi connectivity index (χ1n) is 7.42. The van der Waals surface area contributed by atoms with E-state index in [4.69, 9.17) is 0 Å². The van der Waals surface area contributed by atoms with E-state index in [1.54, 1.807) is 12.4 Å². The Morgan fingerprint density at radius 1 is 1.33 bits per heavy atom. The first kappa shape index (κ1) is 18.9. The Morgan fingerprint density at radius 3 is 2.71 bits per heavy atom. The number of allylic oxidation sites excluding steroid dienone is 10. The SMILES string of the molecule is C=C(/C=C\N/N=C\C=C(C)C)C1=CC(C)=CCC=C1.CC. The van der Waals surface area contributed by atoms with Gasteiger partial charge in [-0.05, 0) is 50.5 Å². The van der Waals surface area contributed by atoms with Gasteiger partial charge in [0.1, 0.15) is 0 Å². The molecule has 2 nitrogen and oxygen atoms in total. The lowest BCUT2D eigenvalue weighted by Crippen LogP contribution is -1.93. The second-order valence-electron chi connectivity index (χ2n) is 4.70. The molecule has 1 rings (SSSR count). The highest BCUT2D eigenvalue weighted by Crippen LogP contribution is 2.17. The molecule has 0 fully saturated rings. The van der Waals surface area contributed by atoms with Crippen molar-refractivity contribution < 1.29 is 0 Å². The molecule has 0 aromatic heterocycles. The first-order valence-corrected chi connectivity index (χ1v) is 7.42. The maximum absolute atomic E-state index is 4.06. The monoisotopic (exact) mass is 284 g/mol. The largest absolute Gasteiger partial charge is 0.286 e. The Labute approximate surface area is 130 Å². The average Bonchev–Trinajstić information content (AvgIpc) is 2.69. The molecule has 0 aromatic rings. The van der Waals surface area contributed by atoms with E-state index in [1.807, 2.05) is 39.8 Å². The van der Waals surface area contributed by atoms with Gasteiger partial charge in [-0.1, -0.05) is 55.9 Å². The second kappa shape index (κ2) is 11.7. The van der Waals surface area contributed by atoms with Gasteiger partial charge in [0.25, 0.3) is 0 Å². The van der Waals surface area contributed by atoms with Gasteiger partial charge in [0.2, 0.25) is 0 Å². The van der Waals surface area contributed by atoms with E-state index in [2.05, 4.69) is 48.3 Å². The normalized spacial score (nSPS) is 14.0. The highest BCUT2D eigenvalue weighted by Gasteiger charge is 1.98. The van der Waals surface area contributed by atoms with E-state index in [9.17, 15) is 0 Å². The van der Waals surface area contributed by atoms with Crippen LogP contribution in [0.25, 0.3) is 0 Å². The zero-order valence-electron chi connectivity index (χ0n) is 14.0. The summed E-state index contributed by atoms with van der Waals surface area (Å²) >= 11 is 0. The fourth-order valence-electron chi connectivity index (χ4n) is 1.51. The molecule has 0 radical (unpaired) electrons. The third kappa shape index (κ3) is 9.44. The molecular formula is C19H28N2. The van der Waals surface area contributed by atoms with Crippen molar-refractivity contribution in [1.29, 1.82) is 0 Å². The predicted octanol–water partition coefficient (Wildman–Crippen LogP) is 5.46. The topological polar surface area (TPSA) is 24.4 Å². The Balaban J connectivity index is 0.00000191. The van der Waals surface area contributed by atoms with Crippen molar-refractivity contribution in [2.75, 3.05) is 0 Å². The van der Waals surface area contributed by atoms with Crippen LogP contribution in [0.2, 0.25) is 0 Å². The van der Waals surface area contributed by atoms with Crippen LogP contribution in [0.4, 0.5) is 0 Å². The average molecular weight is 284 g/mol. The molecule has 0 amide bonds. The van der Waals surface area contributed by atoms with Crippen LogP contribution in [-0.2, 0) is 0 Å². The molecule has 0 saturated heterocycles. The van der Waals surface area contributed by atoms with Crippen LogP contribution in [-0.4, -0.2) is 6.21 Å². The minimum Gasteiger partial charge on any atom is -0.286 e. The molecule has 0 bridgehead atoms. The summed E-state index contributed by atoms with van der Waals surface area (Å²) in [6.07, 6.45) is 17.0. The van der Waals surface area contributed by atoms with Gasteiger partial charge in [-0.15, -0.1) is 0 Å². The number of hydrogen-bond acceptors (Lipinski definition) is 2. The van der Waals surface area contributed by atoms with Gasteiger partial charge in [0.15, 0.2) is 0 Å². The molecule has 21 heavy (non-hydrogen) atoms. The molecule has 1 N–H and O–H groups in total. The summed E-state index contributed by atoms with van der Waals surface area (Å²) in [5.41, 5.74) is 7.45. The fourth-order valence-corrected chi connectivity index (χ4v) is 1.51. The Hall–Kier alpha value is -2.09. The third-order valence-electron chi connectivity index (χ3n) is 2.54. The van der Waals surface area contributed by atoms with Gasteiger partial charge in [0, 0.05) is 12.4 Å². The molecule has 0 heterocycles. The molecule has 114 valence electrons. The lowest BCUT2D eigenvalue weighted by Gasteiger charge is -2.01. The maximum atomic E-state index is 4.06. The van der Waals surface area contributed by atoms with Crippen molar-refractivity contribution in [3.63, 3.8) is 0 Å². The van der Waals surface area contributed by atoms with Gasteiger partial charge >= 0.3 is 0 Å². The molecule has 0 spiro atoms. The fraction of sp³-hybridized carbons (Fsp3) is 0.316. The molecule has 0 saturated carbocycles. The molecule has 0 unspecified atom stereocenters. The number of nitrogens with zero attached hydrogens (tertiary/aromatic N) is 1. The Morgan fingerprint density at radius 2 is 2.05 bits per heavy atom. The van der Waals surface area contributed by atoms with Crippen molar-refractivity contribution in [3.8, 4) is 0 Å². The van der Waals surface area contributed by atoms with E-state index in [1.165, 1.54) is 11.1 Å². The summed E-state index contributed by atoms with van der Waals surface area (Å²) in [5.74, 6) is 0. The Kier molecular flexibility index (Phi) is 10.5. The van der Waals surface area contributed by atoms with E-state index >= 15 is 0 Å². The molecule has 0 aliphatic heterocycles. The zero-order valence-corrected chi connectivity index (χ0v) is 14.0. The predicted molar refractivity (Wildman–Crippen MR) is 96.3 cm³/mol. The third-order valence-corrected chi connectivity index (χ3v) is 2.54. The van der Waals surface area contributed by atoms with Crippen LogP contribution in [0, 0.1) is 0 Å². The minimum absolute atomic E-state index is 0.968. The number of rotatable bonds is 5. The smallest absolute Gasteiger partial charge is 0.0471 e. The first-order chi connectivity index (χ1) is 10.1. The van der Waals surface area contributed by atoms with Gasteiger partial charge in [-0.3, -0.25) is 5.43 Å². The zero-order chi connectivity index (χ0) is 16.1. The van der Waals surface area contributed by atoms with Crippen molar-refractivity contribution in [3.05, 3.63) is 71.5 Å². The Bertz CT molecular complexity index is 494. The van der Waals surface area contributed by atoms with Crippen LogP contribution in [0.15, 0.2) is 76.6 Å². The van der Waals surface area contributed by atoms with E-state index in [-0.39, 0.29) is 0 Å². The van der Waals surface area contributed by atoms with Crippen LogP contribution in [0.1, 0.15) is 41.0 Å². The summed E-state index contributed by atoms with van der Waals surface area (Å²) in [6, 6.07) is 0. The summed E-state index contributed by atoms with van der Waals surface area (Å²) in [5, 5.41) is 4.03. The van der Waals surface area contributed by atoms with Gasteiger partial charge < -0.3 is 0 Å². The van der Waals surface area contributed by atoms with E-state index in [0.717, 1.165) is 17.6 Å². The second-order valence-corrected chi connectivity index (χ2v) is 4.70. The lowest BCUT2D eigenvalue weighted by molar-refractivity contribution is 0.975. The van der Waals surface area contributed by atoms with Crippen molar-refractivity contribution >= 4 is 6.21 Å². The van der Waals surface area contributed by atoms with Crippen LogP contribution < -0.4 is 5.43 Å². The standard InChI is InChI=1S/C17H22N2.C2H6/c1-14(2)9-11-18-19-12-10-16(4)17-8-6-5-7-15(3)13-17;1-2/h6-13,19H,4-5H2,1-3H3;1-2H3/b12-10-,18-11-;. The lowest BCUT2D eigenvalue weighted by atomic mass is 10.1. The molecule has 0 atom stereocenters. The van der Waals surface area contributed by atoms with Gasteiger partial charge in [-0.2, -0.15) is 5.10 Å². The maximum Gasteiger partial charge on any atom is 0.0471 e. The highest BCUT2D eigenvalue weighted by atomic mass is 15.3. The molecular weight excluding hydrogens is 256 g/mol. The summed E-state index contributed by atoms with van der Waals surface area (Å²) in [7, 11) is 0. The van der Waals surface area contributed by atoms with Gasteiger partial charge in [-0.25, -0.2) is 0 Å². The number of hydrogen-bond donors (Lipinski definition) is 1. The molecule has 0 aromatic carbocycles.